The Morgan fingerprint density at radius 1 is 1.47 bits per heavy atom. The number of benzene rings is 1. The fourth-order valence-electron chi connectivity index (χ4n) is 1.11. The van der Waals surface area contributed by atoms with Gasteiger partial charge in [0.05, 0.1) is 9.40 Å². The lowest BCUT2D eigenvalue weighted by Crippen LogP contribution is -2.01. The van der Waals surface area contributed by atoms with Gasteiger partial charge in [-0.1, -0.05) is 6.92 Å². The molecular weight excluding hydrogens is 330 g/mol. The summed E-state index contributed by atoms with van der Waals surface area (Å²) in [6.07, 6.45) is 0.317. The van der Waals surface area contributed by atoms with E-state index in [-0.39, 0.29) is 15.9 Å². The van der Waals surface area contributed by atoms with Gasteiger partial charge in [0.25, 0.3) is 5.69 Å². The van der Waals surface area contributed by atoms with E-state index in [9.17, 15) is 14.9 Å². The van der Waals surface area contributed by atoms with Crippen LogP contribution in [0.1, 0.15) is 23.7 Å². The molecule has 1 aromatic rings. The fraction of sp³-hybridized carbons (Fsp3) is 0.222. The summed E-state index contributed by atoms with van der Waals surface area (Å²) in [5.41, 5.74) is 0.224. The molecule has 0 spiro atoms. The minimum atomic E-state index is -0.527. The molecule has 0 aliphatic rings. The number of nitro groups is 1. The Morgan fingerprint density at radius 2 is 2.07 bits per heavy atom. The summed E-state index contributed by atoms with van der Waals surface area (Å²) >= 11 is 6.15. The number of hydrogen-bond acceptors (Lipinski definition) is 3. The summed E-state index contributed by atoms with van der Waals surface area (Å²) in [7, 11) is 0. The number of carbonyl (C=O) groups excluding carboxylic acids is 1. The second kappa shape index (κ2) is 4.85. The van der Waals surface area contributed by atoms with E-state index in [1.807, 2.05) is 0 Å². The molecular formula is C9H7Br2NO3. The Morgan fingerprint density at radius 3 is 2.53 bits per heavy atom. The number of carbonyl (C=O) groups is 1. The third-order valence-corrected chi connectivity index (χ3v) is 3.31. The van der Waals surface area contributed by atoms with Crippen molar-refractivity contribution in [2.24, 2.45) is 0 Å². The Hall–Kier alpha value is -0.750. The van der Waals surface area contributed by atoms with Gasteiger partial charge >= 0.3 is 0 Å². The molecule has 0 atom stereocenters. The van der Waals surface area contributed by atoms with Crippen LogP contribution in [0.4, 0.5) is 5.69 Å². The highest BCUT2D eigenvalue weighted by Gasteiger charge is 2.22. The zero-order chi connectivity index (χ0) is 11.6. The number of nitrogens with zero attached hydrogens (tertiary/aromatic N) is 1. The van der Waals surface area contributed by atoms with Gasteiger partial charge in [0.1, 0.15) is 4.47 Å². The summed E-state index contributed by atoms with van der Waals surface area (Å²) in [6.45, 7) is 1.71. The zero-order valence-electron chi connectivity index (χ0n) is 7.79. The molecule has 0 bridgehead atoms. The highest BCUT2D eigenvalue weighted by molar-refractivity contribution is 9.11. The lowest BCUT2D eigenvalue weighted by Gasteiger charge is -2.03. The van der Waals surface area contributed by atoms with Crippen LogP contribution in [0.3, 0.4) is 0 Å². The lowest BCUT2D eigenvalue weighted by molar-refractivity contribution is -0.386. The van der Waals surface area contributed by atoms with Crippen LogP contribution >= 0.6 is 31.9 Å². The number of Topliss-reactive ketones (excluding diaryl/α,β-unsaturated/α-hetero) is 1. The Bertz CT molecular complexity index is 432. The standard InChI is InChI=1S/C9H7Br2NO3/c1-2-7(13)5-3-4-6(10)9(8(5)11)12(14)15/h3-4H,2H2,1H3. The van der Waals surface area contributed by atoms with Crippen LogP contribution in [-0.2, 0) is 0 Å². The highest BCUT2D eigenvalue weighted by Crippen LogP contribution is 2.35. The Kier molecular flexibility index (Phi) is 3.98. The van der Waals surface area contributed by atoms with E-state index in [1.165, 1.54) is 6.07 Å². The SMILES string of the molecule is CCC(=O)c1ccc(Br)c([N+](=O)[O-])c1Br. The van der Waals surface area contributed by atoms with Crippen LogP contribution in [0, 0.1) is 10.1 Å². The van der Waals surface area contributed by atoms with Crippen LogP contribution in [-0.4, -0.2) is 10.7 Å². The Balaban J connectivity index is 3.41. The molecule has 0 heterocycles. The van der Waals surface area contributed by atoms with Crippen molar-refractivity contribution in [2.45, 2.75) is 13.3 Å². The molecule has 6 heteroatoms. The second-order valence-electron chi connectivity index (χ2n) is 2.79. The van der Waals surface area contributed by atoms with Crippen molar-refractivity contribution < 1.29 is 9.72 Å². The van der Waals surface area contributed by atoms with Gasteiger partial charge in [0.2, 0.25) is 0 Å². The molecule has 0 aliphatic carbocycles. The topological polar surface area (TPSA) is 60.2 Å². The molecule has 0 N–H and O–H groups in total. The molecule has 0 aromatic heterocycles. The summed E-state index contributed by atoms with van der Waals surface area (Å²) in [5.74, 6) is -0.127. The summed E-state index contributed by atoms with van der Waals surface area (Å²) < 4.78 is 0.584. The number of rotatable bonds is 3. The molecule has 1 aromatic carbocycles. The van der Waals surface area contributed by atoms with Crippen molar-refractivity contribution in [2.75, 3.05) is 0 Å². The van der Waals surface area contributed by atoms with Crippen LogP contribution in [0.5, 0.6) is 0 Å². The van der Waals surface area contributed by atoms with Crippen LogP contribution < -0.4 is 0 Å². The lowest BCUT2D eigenvalue weighted by atomic mass is 10.1. The van der Waals surface area contributed by atoms with Crippen molar-refractivity contribution in [1.82, 2.24) is 0 Å². The van der Waals surface area contributed by atoms with Crippen LogP contribution in [0.15, 0.2) is 21.1 Å². The second-order valence-corrected chi connectivity index (χ2v) is 4.44. The van der Waals surface area contributed by atoms with Gasteiger partial charge in [-0.3, -0.25) is 14.9 Å². The van der Waals surface area contributed by atoms with Gasteiger partial charge in [-0.15, -0.1) is 0 Å². The predicted octanol–water partition coefficient (Wildman–Crippen LogP) is 3.71. The monoisotopic (exact) mass is 335 g/mol. The minimum Gasteiger partial charge on any atom is -0.294 e. The van der Waals surface area contributed by atoms with Gasteiger partial charge in [-0.05, 0) is 44.0 Å². The normalized spacial score (nSPS) is 10.1. The fourth-order valence-corrected chi connectivity index (χ4v) is 2.57. The number of ketones is 1. The van der Waals surface area contributed by atoms with E-state index >= 15 is 0 Å². The summed E-state index contributed by atoms with van der Waals surface area (Å²) in [5, 5.41) is 10.7. The van der Waals surface area contributed by atoms with Crippen molar-refractivity contribution in [1.29, 1.82) is 0 Å². The van der Waals surface area contributed by atoms with Crippen molar-refractivity contribution >= 4 is 43.3 Å². The van der Waals surface area contributed by atoms with E-state index in [0.717, 1.165) is 0 Å². The van der Waals surface area contributed by atoms with E-state index in [1.54, 1.807) is 13.0 Å². The van der Waals surface area contributed by atoms with Gasteiger partial charge in [0.15, 0.2) is 5.78 Å². The van der Waals surface area contributed by atoms with Gasteiger partial charge in [0, 0.05) is 12.0 Å². The molecule has 15 heavy (non-hydrogen) atoms. The van der Waals surface area contributed by atoms with E-state index in [2.05, 4.69) is 31.9 Å². The molecule has 0 aliphatic heterocycles. The molecule has 80 valence electrons. The largest absolute Gasteiger partial charge is 0.298 e. The van der Waals surface area contributed by atoms with Crippen molar-refractivity contribution in [3.63, 3.8) is 0 Å². The van der Waals surface area contributed by atoms with Crippen molar-refractivity contribution in [3.05, 3.63) is 36.8 Å². The first kappa shape index (κ1) is 12.3. The highest BCUT2D eigenvalue weighted by atomic mass is 79.9. The molecule has 4 nitrogen and oxygen atoms in total. The zero-order valence-corrected chi connectivity index (χ0v) is 11.0. The molecule has 0 amide bonds. The maximum absolute atomic E-state index is 11.5. The number of halogens is 2. The van der Waals surface area contributed by atoms with E-state index in [0.29, 0.717) is 16.5 Å². The smallest absolute Gasteiger partial charge is 0.294 e. The maximum Gasteiger partial charge on any atom is 0.298 e. The molecule has 0 radical (unpaired) electrons. The quantitative estimate of drug-likeness (QED) is 0.480. The van der Waals surface area contributed by atoms with E-state index in [4.69, 9.17) is 0 Å². The molecule has 0 saturated heterocycles. The minimum absolute atomic E-state index is 0.116. The summed E-state index contributed by atoms with van der Waals surface area (Å²) in [4.78, 5) is 21.7. The average molecular weight is 337 g/mol. The number of hydrogen-bond donors (Lipinski definition) is 0. The van der Waals surface area contributed by atoms with Crippen molar-refractivity contribution in [3.8, 4) is 0 Å². The van der Waals surface area contributed by atoms with Gasteiger partial charge < -0.3 is 0 Å². The average Bonchev–Trinajstić information content (AvgIpc) is 2.16. The van der Waals surface area contributed by atoms with Crippen LogP contribution in [0.2, 0.25) is 0 Å². The number of nitro benzene ring substituents is 1. The van der Waals surface area contributed by atoms with Crippen LogP contribution in [0.25, 0.3) is 0 Å². The Labute approximate surface area is 103 Å². The van der Waals surface area contributed by atoms with Gasteiger partial charge in [-0.2, -0.15) is 0 Å². The molecule has 0 fully saturated rings. The molecule has 0 saturated carbocycles. The predicted molar refractivity (Wildman–Crippen MR) is 63.1 cm³/mol. The summed E-state index contributed by atoms with van der Waals surface area (Å²) in [6, 6.07) is 3.07. The third-order valence-electron chi connectivity index (χ3n) is 1.87. The van der Waals surface area contributed by atoms with Gasteiger partial charge in [-0.25, -0.2) is 0 Å². The first-order chi connectivity index (χ1) is 6.99. The maximum atomic E-state index is 11.5. The molecule has 0 unspecified atom stereocenters. The third kappa shape index (κ3) is 2.43. The first-order valence-electron chi connectivity index (χ1n) is 4.14. The first-order valence-corrected chi connectivity index (χ1v) is 5.73. The van der Waals surface area contributed by atoms with E-state index < -0.39 is 4.92 Å². The molecule has 1 rings (SSSR count).